The van der Waals surface area contributed by atoms with Crippen LogP contribution in [-0.4, -0.2) is 30.0 Å². The van der Waals surface area contributed by atoms with Crippen molar-refractivity contribution < 1.29 is 19.2 Å². The van der Waals surface area contributed by atoms with Crippen LogP contribution in [0, 0.1) is 16.0 Å². The molecule has 0 N–H and O–H groups in total. The number of esters is 1. The molecule has 1 heterocycles. The fourth-order valence-electron chi connectivity index (χ4n) is 3.46. The van der Waals surface area contributed by atoms with Crippen molar-refractivity contribution in [3.05, 3.63) is 75.8 Å². The Morgan fingerprint density at radius 3 is 2.52 bits per heavy atom. The molecule has 2 unspecified atom stereocenters. The third kappa shape index (κ3) is 3.81. The van der Waals surface area contributed by atoms with E-state index in [1.165, 1.54) is 0 Å². The van der Waals surface area contributed by atoms with E-state index in [-0.39, 0.29) is 12.5 Å². The zero-order valence-electron chi connectivity index (χ0n) is 14.9. The van der Waals surface area contributed by atoms with Crippen molar-refractivity contribution >= 4 is 17.6 Å². The molecule has 2 aromatic carbocycles. The minimum absolute atomic E-state index is 0.101. The predicted molar refractivity (Wildman–Crippen MR) is 98.8 cm³/mol. The first-order chi connectivity index (χ1) is 13.0. The predicted octanol–water partition coefficient (Wildman–Crippen LogP) is 2.77. The minimum Gasteiger partial charge on any atom is -0.466 e. The standard InChI is InChI=1S/C20H20N2O5/c1-2-27-20(24)16(13-22(25)26)18-15-10-6-7-11-17(15)21(19(18)23)12-14-8-4-3-5-9-14/h3-11,16,18H,2,12-13H2,1H3. The number of amides is 1. The molecule has 1 aliphatic heterocycles. The van der Waals surface area contributed by atoms with E-state index in [1.54, 1.807) is 36.1 Å². The first kappa shape index (κ1) is 18.6. The van der Waals surface area contributed by atoms with Crippen molar-refractivity contribution in [1.82, 2.24) is 0 Å². The van der Waals surface area contributed by atoms with Gasteiger partial charge in [0, 0.05) is 10.6 Å². The van der Waals surface area contributed by atoms with E-state index in [2.05, 4.69) is 0 Å². The molecule has 0 radical (unpaired) electrons. The SMILES string of the molecule is CCOC(=O)C(C[N+](=O)[O-])C1C(=O)N(Cc2ccccc2)c2ccccc21. The van der Waals surface area contributed by atoms with Gasteiger partial charge in [-0.1, -0.05) is 48.5 Å². The molecule has 2 aromatic rings. The third-order valence-electron chi connectivity index (χ3n) is 4.62. The molecule has 7 heteroatoms. The number of hydrogen-bond donors (Lipinski definition) is 0. The summed E-state index contributed by atoms with van der Waals surface area (Å²) in [5.41, 5.74) is 2.23. The second-order valence-electron chi connectivity index (χ2n) is 6.32. The number of hydrogen-bond acceptors (Lipinski definition) is 5. The lowest BCUT2D eigenvalue weighted by Gasteiger charge is -2.20. The van der Waals surface area contributed by atoms with Crippen molar-refractivity contribution in [3.63, 3.8) is 0 Å². The molecular formula is C20H20N2O5. The maximum absolute atomic E-state index is 13.2. The van der Waals surface area contributed by atoms with Crippen molar-refractivity contribution in [2.75, 3.05) is 18.1 Å². The second kappa shape index (κ2) is 7.99. The van der Waals surface area contributed by atoms with Gasteiger partial charge in [0.15, 0.2) is 0 Å². The van der Waals surface area contributed by atoms with E-state index in [0.29, 0.717) is 17.8 Å². The normalized spacial score (nSPS) is 16.7. The lowest BCUT2D eigenvalue weighted by atomic mass is 9.87. The summed E-state index contributed by atoms with van der Waals surface area (Å²) in [7, 11) is 0. The Morgan fingerprint density at radius 2 is 1.85 bits per heavy atom. The average Bonchev–Trinajstić information content (AvgIpc) is 2.93. The molecule has 0 spiro atoms. The number of para-hydroxylation sites is 1. The zero-order valence-corrected chi connectivity index (χ0v) is 14.9. The summed E-state index contributed by atoms with van der Waals surface area (Å²) in [6.45, 7) is 1.42. The van der Waals surface area contributed by atoms with Gasteiger partial charge in [-0.15, -0.1) is 0 Å². The van der Waals surface area contributed by atoms with Gasteiger partial charge < -0.3 is 9.64 Å². The Balaban J connectivity index is 1.99. The van der Waals surface area contributed by atoms with Gasteiger partial charge in [-0.25, -0.2) is 0 Å². The molecule has 0 aliphatic carbocycles. The monoisotopic (exact) mass is 368 g/mol. The zero-order chi connectivity index (χ0) is 19.4. The van der Waals surface area contributed by atoms with Gasteiger partial charge in [-0.05, 0) is 24.1 Å². The maximum Gasteiger partial charge on any atom is 0.316 e. The van der Waals surface area contributed by atoms with Crippen molar-refractivity contribution in [1.29, 1.82) is 0 Å². The number of rotatable bonds is 7. The summed E-state index contributed by atoms with van der Waals surface area (Å²) in [5.74, 6) is -3.12. The largest absolute Gasteiger partial charge is 0.466 e. The topological polar surface area (TPSA) is 89.7 Å². The van der Waals surface area contributed by atoms with Crippen LogP contribution in [0.15, 0.2) is 54.6 Å². The van der Waals surface area contributed by atoms with Crippen LogP contribution in [0.3, 0.4) is 0 Å². The number of carbonyl (C=O) groups is 2. The van der Waals surface area contributed by atoms with Gasteiger partial charge in [0.1, 0.15) is 5.92 Å². The van der Waals surface area contributed by atoms with E-state index < -0.39 is 29.3 Å². The Bertz CT molecular complexity index is 852. The molecule has 2 atom stereocenters. The van der Waals surface area contributed by atoms with Crippen LogP contribution in [-0.2, 0) is 20.9 Å². The Morgan fingerprint density at radius 1 is 1.19 bits per heavy atom. The molecule has 0 bridgehead atoms. The summed E-state index contributed by atoms with van der Waals surface area (Å²) >= 11 is 0. The molecule has 0 saturated carbocycles. The lowest BCUT2D eigenvalue weighted by molar-refractivity contribution is -0.486. The Hall–Kier alpha value is -3.22. The summed E-state index contributed by atoms with van der Waals surface area (Å²) in [5, 5.41) is 11.1. The van der Waals surface area contributed by atoms with Crippen LogP contribution >= 0.6 is 0 Å². The summed E-state index contributed by atoms with van der Waals surface area (Å²) in [6.07, 6.45) is 0. The number of nitro groups is 1. The highest BCUT2D eigenvalue weighted by atomic mass is 16.6. The number of nitrogens with zero attached hydrogens (tertiary/aromatic N) is 2. The maximum atomic E-state index is 13.2. The molecule has 3 rings (SSSR count). The van der Waals surface area contributed by atoms with Crippen molar-refractivity contribution in [2.24, 2.45) is 5.92 Å². The molecule has 7 nitrogen and oxygen atoms in total. The number of ether oxygens (including phenoxy) is 1. The average molecular weight is 368 g/mol. The van der Waals surface area contributed by atoms with E-state index in [0.717, 1.165) is 5.56 Å². The van der Waals surface area contributed by atoms with Crippen molar-refractivity contribution in [2.45, 2.75) is 19.4 Å². The molecule has 0 saturated heterocycles. The number of anilines is 1. The number of carbonyl (C=O) groups excluding carboxylic acids is 2. The summed E-state index contributed by atoms with van der Waals surface area (Å²) in [4.78, 5) is 37.7. The highest BCUT2D eigenvalue weighted by molar-refractivity contribution is 6.07. The minimum atomic E-state index is -1.16. The molecule has 1 amide bonds. The Labute approximate surface area is 156 Å². The third-order valence-corrected chi connectivity index (χ3v) is 4.62. The van der Waals surface area contributed by atoms with Gasteiger partial charge in [-0.3, -0.25) is 19.7 Å². The molecule has 1 aliphatic rings. The molecule has 27 heavy (non-hydrogen) atoms. The van der Waals surface area contributed by atoms with E-state index >= 15 is 0 Å². The summed E-state index contributed by atoms with van der Waals surface area (Å²) in [6, 6.07) is 16.6. The highest BCUT2D eigenvalue weighted by Crippen LogP contribution is 2.42. The smallest absolute Gasteiger partial charge is 0.316 e. The van der Waals surface area contributed by atoms with Crippen LogP contribution in [0.2, 0.25) is 0 Å². The van der Waals surface area contributed by atoms with E-state index in [4.69, 9.17) is 4.74 Å². The fourth-order valence-corrected chi connectivity index (χ4v) is 3.46. The molecular weight excluding hydrogens is 348 g/mol. The first-order valence-corrected chi connectivity index (χ1v) is 8.75. The van der Waals surface area contributed by atoms with Crippen LogP contribution < -0.4 is 4.90 Å². The van der Waals surface area contributed by atoms with Crippen LogP contribution in [0.1, 0.15) is 24.0 Å². The van der Waals surface area contributed by atoms with Gasteiger partial charge in [0.2, 0.25) is 12.5 Å². The Kier molecular flexibility index (Phi) is 5.49. The molecule has 0 fully saturated rings. The molecule has 140 valence electrons. The van der Waals surface area contributed by atoms with E-state index in [9.17, 15) is 19.7 Å². The fraction of sp³-hybridized carbons (Fsp3) is 0.300. The van der Waals surface area contributed by atoms with Gasteiger partial charge in [0.05, 0.1) is 19.1 Å². The van der Waals surface area contributed by atoms with Crippen LogP contribution in [0.5, 0.6) is 0 Å². The number of benzene rings is 2. The van der Waals surface area contributed by atoms with Gasteiger partial charge >= 0.3 is 5.97 Å². The summed E-state index contributed by atoms with van der Waals surface area (Å²) < 4.78 is 5.02. The lowest BCUT2D eigenvalue weighted by Crippen LogP contribution is -2.37. The van der Waals surface area contributed by atoms with Crippen LogP contribution in [0.4, 0.5) is 5.69 Å². The quantitative estimate of drug-likeness (QED) is 0.426. The first-order valence-electron chi connectivity index (χ1n) is 8.75. The highest BCUT2D eigenvalue weighted by Gasteiger charge is 2.47. The van der Waals surface area contributed by atoms with E-state index in [1.807, 2.05) is 30.3 Å². The van der Waals surface area contributed by atoms with Crippen LogP contribution in [0.25, 0.3) is 0 Å². The second-order valence-corrected chi connectivity index (χ2v) is 6.32. The van der Waals surface area contributed by atoms with Crippen molar-refractivity contribution in [3.8, 4) is 0 Å². The number of fused-ring (bicyclic) bond motifs is 1. The molecule has 0 aromatic heterocycles. The van der Waals surface area contributed by atoms with Gasteiger partial charge in [-0.2, -0.15) is 0 Å². The van der Waals surface area contributed by atoms with Gasteiger partial charge in [0.25, 0.3) is 0 Å².